The van der Waals surface area contributed by atoms with Crippen molar-refractivity contribution in [3.05, 3.63) is 64.9 Å². The summed E-state index contributed by atoms with van der Waals surface area (Å²) >= 11 is 6.04. The summed E-state index contributed by atoms with van der Waals surface area (Å²) in [5, 5.41) is 10.9. The zero-order chi connectivity index (χ0) is 18.4. The zero-order valence-electron chi connectivity index (χ0n) is 14.7. The van der Waals surface area contributed by atoms with Crippen molar-refractivity contribution in [3.63, 3.8) is 0 Å². The lowest BCUT2D eigenvalue weighted by atomic mass is 10.2. The molecule has 140 valence electrons. The third-order valence-corrected chi connectivity index (χ3v) is 4.72. The van der Waals surface area contributed by atoms with E-state index < -0.39 is 6.10 Å². The van der Waals surface area contributed by atoms with Crippen LogP contribution in [0.5, 0.6) is 5.75 Å². The molecule has 1 saturated heterocycles. The van der Waals surface area contributed by atoms with E-state index >= 15 is 0 Å². The van der Waals surface area contributed by atoms with Crippen molar-refractivity contribution in [2.24, 2.45) is 0 Å². The largest absolute Gasteiger partial charge is 0.491 e. The van der Waals surface area contributed by atoms with Crippen molar-refractivity contribution < 1.29 is 14.2 Å². The minimum Gasteiger partial charge on any atom is -0.491 e. The van der Waals surface area contributed by atoms with Crippen LogP contribution in [0.4, 0.5) is 4.39 Å². The molecule has 1 aliphatic rings. The van der Waals surface area contributed by atoms with E-state index in [0.29, 0.717) is 12.3 Å². The van der Waals surface area contributed by atoms with Crippen LogP contribution in [0.2, 0.25) is 5.02 Å². The van der Waals surface area contributed by atoms with Gasteiger partial charge in [-0.2, -0.15) is 0 Å². The molecule has 0 spiro atoms. The molecule has 2 aromatic carbocycles. The highest BCUT2D eigenvalue weighted by Crippen LogP contribution is 2.15. The first kappa shape index (κ1) is 19.1. The molecule has 26 heavy (non-hydrogen) atoms. The van der Waals surface area contributed by atoms with Gasteiger partial charge in [0.2, 0.25) is 0 Å². The van der Waals surface area contributed by atoms with Crippen molar-refractivity contribution in [2.75, 3.05) is 39.3 Å². The molecule has 0 aliphatic carbocycles. The van der Waals surface area contributed by atoms with E-state index in [-0.39, 0.29) is 12.4 Å². The molecule has 0 amide bonds. The number of benzene rings is 2. The number of ether oxygens (including phenoxy) is 1. The molecule has 0 saturated carbocycles. The highest BCUT2D eigenvalue weighted by Gasteiger charge is 2.19. The second-order valence-electron chi connectivity index (χ2n) is 6.63. The predicted molar refractivity (Wildman–Crippen MR) is 101 cm³/mol. The summed E-state index contributed by atoms with van der Waals surface area (Å²) < 4.78 is 18.4. The van der Waals surface area contributed by atoms with Crippen LogP contribution in [0.3, 0.4) is 0 Å². The van der Waals surface area contributed by atoms with E-state index in [1.807, 2.05) is 18.2 Å². The Balaban J connectivity index is 1.37. The highest BCUT2D eigenvalue weighted by molar-refractivity contribution is 6.30. The molecule has 2 aromatic rings. The fourth-order valence-electron chi connectivity index (χ4n) is 3.10. The monoisotopic (exact) mass is 378 g/mol. The minimum atomic E-state index is -0.570. The molecule has 1 aliphatic heterocycles. The number of hydrogen-bond donors (Lipinski definition) is 1. The summed E-state index contributed by atoms with van der Waals surface area (Å²) in [6.45, 7) is 5.41. The van der Waals surface area contributed by atoms with Gasteiger partial charge in [-0.15, -0.1) is 0 Å². The van der Waals surface area contributed by atoms with Crippen LogP contribution in [-0.4, -0.2) is 60.3 Å². The second-order valence-corrected chi connectivity index (χ2v) is 7.06. The molecular weight excluding hydrogens is 355 g/mol. The van der Waals surface area contributed by atoms with Crippen LogP contribution in [0.1, 0.15) is 5.56 Å². The summed E-state index contributed by atoms with van der Waals surface area (Å²) in [4.78, 5) is 4.64. The first-order valence-corrected chi connectivity index (χ1v) is 9.22. The molecule has 3 rings (SSSR count). The van der Waals surface area contributed by atoms with E-state index in [4.69, 9.17) is 16.3 Å². The molecule has 0 unspecified atom stereocenters. The van der Waals surface area contributed by atoms with E-state index in [2.05, 4.69) is 15.9 Å². The van der Waals surface area contributed by atoms with E-state index in [0.717, 1.165) is 37.7 Å². The molecule has 1 atom stereocenters. The lowest BCUT2D eigenvalue weighted by molar-refractivity contribution is 0.0446. The Labute approximate surface area is 158 Å². The van der Waals surface area contributed by atoms with Gasteiger partial charge in [-0.3, -0.25) is 9.80 Å². The maximum atomic E-state index is 12.9. The highest BCUT2D eigenvalue weighted by atomic mass is 35.5. The smallest absolute Gasteiger partial charge is 0.123 e. The number of β-amino-alcohol motifs (C(OH)–C–C–N with tert-alkyl or cyclic N) is 1. The third-order valence-electron chi connectivity index (χ3n) is 4.49. The summed E-state index contributed by atoms with van der Waals surface area (Å²) in [6.07, 6.45) is -0.570. The Morgan fingerprint density at radius 2 is 1.73 bits per heavy atom. The van der Waals surface area contributed by atoms with Gasteiger partial charge in [0.15, 0.2) is 0 Å². The van der Waals surface area contributed by atoms with Gasteiger partial charge in [0.05, 0.1) is 0 Å². The number of halogens is 2. The summed E-state index contributed by atoms with van der Waals surface area (Å²) in [5.74, 6) is 0.269. The quantitative estimate of drug-likeness (QED) is 0.803. The Morgan fingerprint density at radius 3 is 2.42 bits per heavy atom. The maximum absolute atomic E-state index is 12.9. The molecule has 4 nitrogen and oxygen atoms in total. The number of aliphatic hydroxyl groups is 1. The Kier molecular flexibility index (Phi) is 6.86. The van der Waals surface area contributed by atoms with Crippen LogP contribution < -0.4 is 4.74 Å². The predicted octanol–water partition coefficient (Wildman–Crippen LogP) is 3.04. The summed E-state index contributed by atoms with van der Waals surface area (Å²) in [7, 11) is 0. The average molecular weight is 379 g/mol. The standard InChI is InChI=1S/C20H24ClFN2O2/c21-17-3-1-2-16(12-17)13-23-8-10-24(11-9-23)14-19(25)15-26-20-6-4-18(22)5-7-20/h1-7,12,19,25H,8-11,13-15H2/t19-/m1/s1. The number of piperazine rings is 1. The third kappa shape index (κ3) is 5.95. The summed E-state index contributed by atoms with van der Waals surface area (Å²) in [6, 6.07) is 13.8. The molecule has 0 radical (unpaired) electrons. The fourth-order valence-corrected chi connectivity index (χ4v) is 3.31. The van der Waals surface area contributed by atoms with Crippen LogP contribution in [0.25, 0.3) is 0 Å². The van der Waals surface area contributed by atoms with Gasteiger partial charge in [-0.05, 0) is 42.0 Å². The maximum Gasteiger partial charge on any atom is 0.123 e. The molecule has 1 N–H and O–H groups in total. The Morgan fingerprint density at radius 1 is 1.04 bits per heavy atom. The summed E-state index contributed by atoms with van der Waals surface area (Å²) in [5.41, 5.74) is 1.22. The first-order chi connectivity index (χ1) is 12.6. The van der Waals surface area contributed by atoms with Crippen molar-refractivity contribution in [2.45, 2.75) is 12.6 Å². The van der Waals surface area contributed by atoms with Crippen LogP contribution >= 0.6 is 11.6 Å². The molecule has 0 aromatic heterocycles. The first-order valence-electron chi connectivity index (χ1n) is 8.84. The lowest BCUT2D eigenvalue weighted by Gasteiger charge is -2.35. The van der Waals surface area contributed by atoms with Crippen molar-refractivity contribution in [1.29, 1.82) is 0 Å². The molecule has 1 fully saturated rings. The van der Waals surface area contributed by atoms with E-state index in [1.165, 1.54) is 17.7 Å². The second kappa shape index (κ2) is 9.33. The normalized spacial score (nSPS) is 17.2. The van der Waals surface area contributed by atoms with E-state index in [1.54, 1.807) is 12.1 Å². The van der Waals surface area contributed by atoms with Gasteiger partial charge < -0.3 is 9.84 Å². The van der Waals surface area contributed by atoms with E-state index in [9.17, 15) is 9.50 Å². The van der Waals surface area contributed by atoms with Gasteiger partial charge in [-0.25, -0.2) is 4.39 Å². The molecule has 6 heteroatoms. The molecule has 1 heterocycles. The number of rotatable bonds is 7. The zero-order valence-corrected chi connectivity index (χ0v) is 15.4. The molecule has 0 bridgehead atoms. The Hall–Kier alpha value is -1.66. The van der Waals surface area contributed by atoms with Crippen LogP contribution in [0.15, 0.2) is 48.5 Å². The van der Waals surface area contributed by atoms with Gasteiger partial charge in [0, 0.05) is 44.3 Å². The van der Waals surface area contributed by atoms with Gasteiger partial charge in [-0.1, -0.05) is 23.7 Å². The van der Waals surface area contributed by atoms with Gasteiger partial charge >= 0.3 is 0 Å². The Bertz CT molecular complexity index is 690. The molecular formula is C20H24ClFN2O2. The average Bonchev–Trinajstić information content (AvgIpc) is 2.63. The SMILES string of the molecule is O[C@@H](COc1ccc(F)cc1)CN1CCN(Cc2cccc(Cl)c2)CC1. The topological polar surface area (TPSA) is 35.9 Å². The van der Waals surface area contributed by atoms with Crippen molar-refractivity contribution in [1.82, 2.24) is 9.80 Å². The minimum absolute atomic E-state index is 0.203. The number of nitrogens with zero attached hydrogens (tertiary/aromatic N) is 2. The fraction of sp³-hybridized carbons (Fsp3) is 0.400. The lowest BCUT2D eigenvalue weighted by Crippen LogP contribution is -2.48. The van der Waals surface area contributed by atoms with Gasteiger partial charge in [0.25, 0.3) is 0 Å². The number of aliphatic hydroxyl groups excluding tert-OH is 1. The van der Waals surface area contributed by atoms with Crippen LogP contribution in [0, 0.1) is 5.82 Å². The number of hydrogen-bond acceptors (Lipinski definition) is 4. The van der Waals surface area contributed by atoms with Crippen LogP contribution in [-0.2, 0) is 6.54 Å². The van der Waals surface area contributed by atoms with Crippen molar-refractivity contribution >= 4 is 11.6 Å². The van der Waals surface area contributed by atoms with Crippen molar-refractivity contribution in [3.8, 4) is 5.75 Å². The van der Waals surface area contributed by atoms with Gasteiger partial charge in [0.1, 0.15) is 24.3 Å².